The first-order valence-corrected chi connectivity index (χ1v) is 4.13. The van der Waals surface area contributed by atoms with Gasteiger partial charge in [0.2, 0.25) is 0 Å². The number of rotatable bonds is 1. The van der Waals surface area contributed by atoms with Crippen molar-refractivity contribution in [2.75, 3.05) is 0 Å². The average molecular weight is 188 g/mol. The Hall–Kier alpha value is -2.10. The van der Waals surface area contributed by atoms with Crippen LogP contribution in [0.25, 0.3) is 0 Å². The van der Waals surface area contributed by atoms with E-state index in [0.29, 0.717) is 12.0 Å². The molecule has 0 amide bonds. The Bertz CT molecular complexity index is 454. The summed E-state index contributed by atoms with van der Waals surface area (Å²) in [5.74, 6) is 0. The molecule has 70 valence electrons. The third-order valence-electron chi connectivity index (χ3n) is 1.93. The third kappa shape index (κ3) is 1.26. The van der Waals surface area contributed by atoms with Crippen LogP contribution in [0.5, 0.6) is 0 Å². The standard InChI is InChI=1S/C10H8N2O2/c13-8-9-4-3-7-12(9)10(14)11-5-1-2-6-11/h1-8H. The van der Waals surface area contributed by atoms with E-state index in [1.54, 1.807) is 42.9 Å². The van der Waals surface area contributed by atoms with Crippen molar-refractivity contribution in [3.05, 3.63) is 48.5 Å². The fourth-order valence-corrected chi connectivity index (χ4v) is 1.25. The first-order valence-electron chi connectivity index (χ1n) is 4.13. The van der Waals surface area contributed by atoms with Crippen LogP contribution in [0.3, 0.4) is 0 Å². The SMILES string of the molecule is O=Cc1cccn1C(=O)n1cccc1. The largest absolute Gasteiger partial charge is 0.336 e. The normalized spacial score (nSPS) is 10.0. The highest BCUT2D eigenvalue weighted by atomic mass is 16.2. The Morgan fingerprint density at radius 1 is 1.14 bits per heavy atom. The number of aldehydes is 1. The van der Waals surface area contributed by atoms with Crippen molar-refractivity contribution in [1.29, 1.82) is 0 Å². The van der Waals surface area contributed by atoms with Crippen LogP contribution >= 0.6 is 0 Å². The number of hydrogen-bond donors (Lipinski definition) is 0. The van der Waals surface area contributed by atoms with Crippen LogP contribution in [-0.2, 0) is 0 Å². The second kappa shape index (κ2) is 3.33. The third-order valence-corrected chi connectivity index (χ3v) is 1.93. The molecule has 0 unspecified atom stereocenters. The number of carbonyl (C=O) groups is 2. The Balaban J connectivity index is 2.41. The van der Waals surface area contributed by atoms with Crippen molar-refractivity contribution < 1.29 is 9.59 Å². The smallest absolute Gasteiger partial charge is 0.296 e. The molecule has 2 heterocycles. The van der Waals surface area contributed by atoms with Crippen molar-refractivity contribution in [3.8, 4) is 0 Å². The Kier molecular flexibility index (Phi) is 2.02. The molecule has 0 atom stereocenters. The van der Waals surface area contributed by atoms with Crippen molar-refractivity contribution in [3.63, 3.8) is 0 Å². The summed E-state index contributed by atoms with van der Waals surface area (Å²) in [7, 11) is 0. The molecule has 14 heavy (non-hydrogen) atoms. The van der Waals surface area contributed by atoms with E-state index in [0.717, 1.165) is 0 Å². The molecule has 0 radical (unpaired) electrons. The lowest BCUT2D eigenvalue weighted by Gasteiger charge is -2.03. The Labute approximate surface area is 80.4 Å². The van der Waals surface area contributed by atoms with Gasteiger partial charge >= 0.3 is 6.03 Å². The predicted octanol–water partition coefficient (Wildman–Crippen LogP) is 1.62. The van der Waals surface area contributed by atoms with Gasteiger partial charge in [-0.15, -0.1) is 0 Å². The van der Waals surface area contributed by atoms with Gasteiger partial charge in [-0.2, -0.15) is 0 Å². The molecular weight excluding hydrogens is 180 g/mol. The summed E-state index contributed by atoms with van der Waals surface area (Å²) in [6.45, 7) is 0. The van der Waals surface area contributed by atoms with E-state index in [9.17, 15) is 9.59 Å². The zero-order valence-electron chi connectivity index (χ0n) is 7.33. The van der Waals surface area contributed by atoms with Crippen LogP contribution in [0.1, 0.15) is 10.5 Å². The summed E-state index contributed by atoms with van der Waals surface area (Å²) in [5, 5.41) is 0. The van der Waals surface area contributed by atoms with Gasteiger partial charge in [-0.25, -0.2) is 4.79 Å². The molecule has 0 aliphatic carbocycles. The summed E-state index contributed by atoms with van der Waals surface area (Å²) >= 11 is 0. The summed E-state index contributed by atoms with van der Waals surface area (Å²) in [4.78, 5) is 22.3. The molecule has 4 heteroatoms. The summed E-state index contributed by atoms with van der Waals surface area (Å²) < 4.78 is 2.71. The Morgan fingerprint density at radius 3 is 2.50 bits per heavy atom. The maximum atomic E-state index is 11.7. The lowest BCUT2D eigenvalue weighted by molar-refractivity contribution is 0.111. The molecule has 0 spiro atoms. The van der Waals surface area contributed by atoms with Crippen LogP contribution in [0.4, 0.5) is 4.79 Å². The van der Waals surface area contributed by atoms with E-state index < -0.39 is 0 Å². The quantitative estimate of drug-likeness (QED) is 0.638. The number of hydrogen-bond acceptors (Lipinski definition) is 2. The van der Waals surface area contributed by atoms with Gasteiger partial charge < -0.3 is 0 Å². The van der Waals surface area contributed by atoms with Gasteiger partial charge in [-0.1, -0.05) is 0 Å². The highest BCUT2D eigenvalue weighted by Gasteiger charge is 2.08. The molecule has 2 rings (SSSR count). The topological polar surface area (TPSA) is 44.0 Å². The monoisotopic (exact) mass is 188 g/mol. The van der Waals surface area contributed by atoms with Gasteiger partial charge in [0.1, 0.15) is 0 Å². The van der Waals surface area contributed by atoms with E-state index >= 15 is 0 Å². The van der Waals surface area contributed by atoms with E-state index in [-0.39, 0.29) is 6.03 Å². The second-order valence-electron chi connectivity index (χ2n) is 2.79. The second-order valence-corrected chi connectivity index (χ2v) is 2.79. The molecule has 2 aromatic heterocycles. The van der Waals surface area contributed by atoms with Gasteiger partial charge in [0.15, 0.2) is 6.29 Å². The van der Waals surface area contributed by atoms with Crippen LogP contribution in [-0.4, -0.2) is 21.5 Å². The van der Waals surface area contributed by atoms with E-state index in [1.165, 1.54) is 9.13 Å². The van der Waals surface area contributed by atoms with Crippen molar-refractivity contribution in [1.82, 2.24) is 9.13 Å². The lowest BCUT2D eigenvalue weighted by Crippen LogP contribution is -2.18. The maximum absolute atomic E-state index is 11.7. The molecule has 0 aliphatic rings. The van der Waals surface area contributed by atoms with Crippen LogP contribution in [0.2, 0.25) is 0 Å². The summed E-state index contributed by atoms with van der Waals surface area (Å²) in [6, 6.07) is 6.49. The molecule has 4 nitrogen and oxygen atoms in total. The molecule has 0 bridgehead atoms. The van der Waals surface area contributed by atoms with Gasteiger partial charge in [-0.05, 0) is 24.3 Å². The fraction of sp³-hybridized carbons (Fsp3) is 0. The average Bonchev–Trinajstić information content (AvgIpc) is 2.87. The summed E-state index contributed by atoms with van der Waals surface area (Å²) in [5.41, 5.74) is 0.351. The van der Waals surface area contributed by atoms with E-state index in [1.807, 2.05) is 0 Å². The van der Waals surface area contributed by atoms with Gasteiger partial charge in [0.25, 0.3) is 0 Å². The first kappa shape index (κ1) is 8.50. The number of carbonyl (C=O) groups excluding carboxylic acids is 2. The fourth-order valence-electron chi connectivity index (χ4n) is 1.25. The van der Waals surface area contributed by atoms with E-state index in [2.05, 4.69) is 0 Å². The summed E-state index contributed by atoms with van der Waals surface area (Å²) in [6.07, 6.45) is 5.49. The number of nitrogens with zero attached hydrogens (tertiary/aromatic N) is 2. The van der Waals surface area contributed by atoms with Crippen LogP contribution in [0.15, 0.2) is 42.9 Å². The molecule has 0 aliphatic heterocycles. The molecule has 0 N–H and O–H groups in total. The molecule has 0 saturated heterocycles. The maximum Gasteiger partial charge on any atom is 0.336 e. The highest BCUT2D eigenvalue weighted by molar-refractivity contribution is 5.86. The molecule has 2 aromatic rings. The van der Waals surface area contributed by atoms with Gasteiger partial charge in [0.05, 0.1) is 5.69 Å². The van der Waals surface area contributed by atoms with Crippen molar-refractivity contribution in [2.24, 2.45) is 0 Å². The van der Waals surface area contributed by atoms with E-state index in [4.69, 9.17) is 0 Å². The van der Waals surface area contributed by atoms with Crippen molar-refractivity contribution >= 4 is 12.3 Å². The predicted molar refractivity (Wildman–Crippen MR) is 50.4 cm³/mol. The van der Waals surface area contributed by atoms with Crippen LogP contribution < -0.4 is 0 Å². The van der Waals surface area contributed by atoms with Crippen LogP contribution in [0, 0.1) is 0 Å². The minimum atomic E-state index is -0.262. The molecule has 0 saturated carbocycles. The van der Waals surface area contributed by atoms with Gasteiger partial charge in [0, 0.05) is 18.6 Å². The molecule has 0 aromatic carbocycles. The lowest BCUT2D eigenvalue weighted by atomic mass is 10.5. The molecular formula is C10H8N2O2. The minimum Gasteiger partial charge on any atom is -0.296 e. The highest BCUT2D eigenvalue weighted by Crippen LogP contribution is 2.01. The van der Waals surface area contributed by atoms with Crippen molar-refractivity contribution in [2.45, 2.75) is 0 Å². The molecule has 0 fully saturated rings. The first-order chi connectivity index (χ1) is 6.83. The minimum absolute atomic E-state index is 0.262. The number of aromatic nitrogens is 2. The zero-order chi connectivity index (χ0) is 9.97. The Morgan fingerprint density at radius 2 is 1.86 bits per heavy atom. The zero-order valence-corrected chi connectivity index (χ0v) is 7.33. The van der Waals surface area contributed by atoms with Gasteiger partial charge in [-0.3, -0.25) is 13.9 Å².